The second-order valence-corrected chi connectivity index (χ2v) is 1.95. The number of urea groups is 1. The fourth-order valence-electron chi connectivity index (χ4n) is 0.369. The summed E-state index contributed by atoms with van der Waals surface area (Å²) in [6.07, 6.45) is 1.50. The lowest BCUT2D eigenvalue weighted by Crippen LogP contribution is -2.39. The maximum absolute atomic E-state index is 10.6. The standard InChI is InChI=1S/C6H9ClN2O2/c1-2-3-8-6(11)9-5(10)4-7/h2H,1,3-4H2,(H2,8,9,10,11). The maximum atomic E-state index is 10.6. The zero-order valence-electron chi connectivity index (χ0n) is 5.89. The van der Waals surface area contributed by atoms with Crippen LogP contribution in [0, 0.1) is 0 Å². The first-order valence-electron chi connectivity index (χ1n) is 2.95. The van der Waals surface area contributed by atoms with E-state index in [1.54, 1.807) is 0 Å². The van der Waals surface area contributed by atoms with E-state index < -0.39 is 11.9 Å². The molecule has 2 N–H and O–H groups in total. The van der Waals surface area contributed by atoms with Gasteiger partial charge in [-0.3, -0.25) is 10.1 Å². The van der Waals surface area contributed by atoms with Gasteiger partial charge in [-0.15, -0.1) is 18.2 Å². The van der Waals surface area contributed by atoms with Crippen LogP contribution in [0.5, 0.6) is 0 Å². The van der Waals surface area contributed by atoms with E-state index in [1.165, 1.54) is 6.08 Å². The van der Waals surface area contributed by atoms with E-state index in [2.05, 4.69) is 11.9 Å². The highest BCUT2D eigenvalue weighted by Crippen LogP contribution is 1.74. The van der Waals surface area contributed by atoms with Crippen LogP contribution in [-0.2, 0) is 4.79 Å². The Kier molecular flexibility index (Phi) is 5.20. The van der Waals surface area contributed by atoms with E-state index in [1.807, 2.05) is 5.32 Å². The summed E-state index contributed by atoms with van der Waals surface area (Å²) in [7, 11) is 0. The lowest BCUT2D eigenvalue weighted by Gasteiger charge is -2.01. The molecule has 0 atom stereocenters. The third-order valence-electron chi connectivity index (χ3n) is 0.781. The van der Waals surface area contributed by atoms with Crippen molar-refractivity contribution in [2.45, 2.75) is 0 Å². The van der Waals surface area contributed by atoms with Crippen molar-refractivity contribution < 1.29 is 9.59 Å². The molecule has 0 aliphatic rings. The Hall–Kier alpha value is -1.03. The molecule has 62 valence electrons. The topological polar surface area (TPSA) is 58.2 Å². The molecule has 0 aromatic rings. The number of hydrogen-bond donors (Lipinski definition) is 2. The van der Waals surface area contributed by atoms with Gasteiger partial charge in [0, 0.05) is 6.54 Å². The number of nitrogens with one attached hydrogen (secondary N) is 2. The first kappa shape index (κ1) is 9.97. The predicted molar refractivity (Wildman–Crippen MR) is 42.5 cm³/mol. The summed E-state index contributed by atoms with van der Waals surface area (Å²) in [5.41, 5.74) is 0. The van der Waals surface area contributed by atoms with Crippen molar-refractivity contribution >= 4 is 23.5 Å². The van der Waals surface area contributed by atoms with Gasteiger partial charge in [0.1, 0.15) is 5.88 Å². The molecule has 0 heterocycles. The Bertz CT molecular complexity index is 170. The molecule has 0 fully saturated rings. The number of carbonyl (C=O) groups excluding carboxylic acids is 2. The summed E-state index contributed by atoms with van der Waals surface area (Å²) in [5.74, 6) is -0.741. The molecular weight excluding hydrogens is 168 g/mol. The van der Waals surface area contributed by atoms with Gasteiger partial charge in [-0.05, 0) is 0 Å². The summed E-state index contributed by atoms with van der Waals surface area (Å²) in [6.45, 7) is 3.70. The van der Waals surface area contributed by atoms with Gasteiger partial charge in [0.05, 0.1) is 0 Å². The van der Waals surface area contributed by atoms with Crippen LogP contribution < -0.4 is 10.6 Å². The smallest absolute Gasteiger partial charge is 0.321 e. The summed E-state index contributed by atoms with van der Waals surface area (Å²) >= 11 is 5.12. The summed E-state index contributed by atoms with van der Waals surface area (Å²) in [6, 6.07) is -0.560. The van der Waals surface area contributed by atoms with E-state index >= 15 is 0 Å². The molecule has 4 nitrogen and oxygen atoms in total. The maximum Gasteiger partial charge on any atom is 0.321 e. The minimum Gasteiger partial charge on any atom is -0.334 e. The zero-order valence-corrected chi connectivity index (χ0v) is 6.65. The molecule has 0 aliphatic heterocycles. The van der Waals surface area contributed by atoms with Gasteiger partial charge < -0.3 is 5.32 Å². The average Bonchev–Trinajstić information content (AvgIpc) is 2.00. The number of amides is 3. The third kappa shape index (κ3) is 5.42. The van der Waals surface area contributed by atoms with E-state index in [4.69, 9.17) is 11.6 Å². The SMILES string of the molecule is C=CCNC(=O)NC(=O)CCl. The van der Waals surface area contributed by atoms with Gasteiger partial charge in [0.15, 0.2) is 0 Å². The molecule has 0 unspecified atom stereocenters. The average molecular weight is 177 g/mol. The van der Waals surface area contributed by atoms with Crippen LogP contribution in [0.2, 0.25) is 0 Å². The highest BCUT2D eigenvalue weighted by Gasteiger charge is 2.02. The van der Waals surface area contributed by atoms with Crippen molar-refractivity contribution in [3.63, 3.8) is 0 Å². The fourth-order valence-corrected chi connectivity index (χ4v) is 0.436. The molecule has 3 amide bonds. The summed E-state index contributed by atoms with van der Waals surface area (Å²) in [4.78, 5) is 21.1. The van der Waals surface area contributed by atoms with Crippen molar-refractivity contribution in [3.05, 3.63) is 12.7 Å². The monoisotopic (exact) mass is 176 g/mol. The van der Waals surface area contributed by atoms with E-state index in [9.17, 15) is 9.59 Å². The Morgan fingerprint density at radius 2 is 2.18 bits per heavy atom. The molecule has 0 radical (unpaired) electrons. The fraction of sp³-hybridized carbons (Fsp3) is 0.333. The van der Waals surface area contributed by atoms with Crippen molar-refractivity contribution in [3.8, 4) is 0 Å². The molecule has 11 heavy (non-hydrogen) atoms. The number of halogens is 1. The zero-order chi connectivity index (χ0) is 8.69. The highest BCUT2D eigenvalue weighted by molar-refractivity contribution is 6.28. The largest absolute Gasteiger partial charge is 0.334 e. The predicted octanol–water partition coefficient (Wildman–Crippen LogP) is 0.237. The molecule has 5 heteroatoms. The quantitative estimate of drug-likeness (QED) is 0.478. The first-order chi connectivity index (χ1) is 5.20. The van der Waals surface area contributed by atoms with Crippen LogP contribution in [0.4, 0.5) is 4.79 Å². The number of carbonyl (C=O) groups is 2. The Morgan fingerprint density at radius 3 is 2.64 bits per heavy atom. The van der Waals surface area contributed by atoms with Gasteiger partial charge in [-0.2, -0.15) is 0 Å². The molecule has 0 aromatic heterocycles. The lowest BCUT2D eigenvalue weighted by atomic mass is 10.6. The number of rotatable bonds is 3. The number of alkyl halides is 1. The highest BCUT2D eigenvalue weighted by atomic mass is 35.5. The molecule has 0 saturated carbocycles. The van der Waals surface area contributed by atoms with Crippen LogP contribution >= 0.6 is 11.6 Å². The molecule has 0 rings (SSSR count). The van der Waals surface area contributed by atoms with Gasteiger partial charge in [0.2, 0.25) is 5.91 Å². The van der Waals surface area contributed by atoms with Crippen LogP contribution in [-0.4, -0.2) is 24.4 Å². The molecule has 0 aromatic carbocycles. The Morgan fingerprint density at radius 1 is 1.55 bits per heavy atom. The van der Waals surface area contributed by atoms with Crippen LogP contribution in [0.1, 0.15) is 0 Å². The van der Waals surface area contributed by atoms with Crippen molar-refractivity contribution in [2.24, 2.45) is 0 Å². The molecule has 0 bridgehead atoms. The van der Waals surface area contributed by atoms with Crippen LogP contribution in [0.3, 0.4) is 0 Å². The molecule has 0 spiro atoms. The normalized spacial score (nSPS) is 8.45. The van der Waals surface area contributed by atoms with Gasteiger partial charge in [-0.1, -0.05) is 6.08 Å². The Labute approximate surface area is 69.6 Å². The summed E-state index contributed by atoms with van der Waals surface area (Å²) < 4.78 is 0. The van der Waals surface area contributed by atoms with E-state index in [0.717, 1.165) is 0 Å². The minimum absolute atomic E-state index is 0.221. The van der Waals surface area contributed by atoms with Crippen molar-refractivity contribution in [1.82, 2.24) is 10.6 Å². The summed E-state index contributed by atoms with van der Waals surface area (Å²) in [5, 5.41) is 4.35. The first-order valence-corrected chi connectivity index (χ1v) is 3.48. The van der Waals surface area contributed by atoms with Crippen molar-refractivity contribution in [1.29, 1.82) is 0 Å². The van der Waals surface area contributed by atoms with Crippen LogP contribution in [0.15, 0.2) is 12.7 Å². The van der Waals surface area contributed by atoms with Gasteiger partial charge >= 0.3 is 6.03 Å². The van der Waals surface area contributed by atoms with Gasteiger partial charge in [-0.25, -0.2) is 4.79 Å². The Balaban J connectivity index is 3.51. The van der Waals surface area contributed by atoms with Crippen LogP contribution in [0.25, 0.3) is 0 Å². The minimum atomic E-state index is -0.560. The second-order valence-electron chi connectivity index (χ2n) is 1.68. The number of imide groups is 1. The second kappa shape index (κ2) is 5.73. The molecular formula is C6H9ClN2O2. The molecule has 0 saturated heterocycles. The lowest BCUT2D eigenvalue weighted by molar-refractivity contribution is -0.117. The van der Waals surface area contributed by atoms with Crippen molar-refractivity contribution in [2.75, 3.05) is 12.4 Å². The number of hydrogen-bond acceptors (Lipinski definition) is 2. The van der Waals surface area contributed by atoms with E-state index in [-0.39, 0.29) is 5.88 Å². The van der Waals surface area contributed by atoms with Gasteiger partial charge in [0.25, 0.3) is 0 Å². The third-order valence-corrected chi connectivity index (χ3v) is 1.02. The molecule has 0 aliphatic carbocycles. The van der Waals surface area contributed by atoms with E-state index in [0.29, 0.717) is 6.54 Å².